The van der Waals surface area contributed by atoms with Gasteiger partial charge in [0.15, 0.2) is 0 Å². The summed E-state index contributed by atoms with van der Waals surface area (Å²) in [6, 6.07) is 4.39. The van der Waals surface area contributed by atoms with Gasteiger partial charge < -0.3 is 15.5 Å². The average Bonchev–Trinajstić information content (AvgIpc) is 2.26. The molecular formula is C12H18BN2O4. The van der Waals surface area contributed by atoms with Gasteiger partial charge >= 0.3 is 7.48 Å². The quantitative estimate of drug-likeness (QED) is 0.358. The van der Waals surface area contributed by atoms with Crippen molar-refractivity contribution >= 4 is 24.3 Å². The predicted molar refractivity (Wildman–Crippen MR) is 74.4 cm³/mol. The second-order valence-corrected chi connectivity index (χ2v) is 5.38. The average molecular weight is 265 g/mol. The molecule has 0 heterocycles. The number of rotatable bonds is 5. The van der Waals surface area contributed by atoms with Crippen LogP contribution in [0.25, 0.3) is 0 Å². The number of anilines is 1. The van der Waals surface area contributed by atoms with E-state index in [1.807, 2.05) is 0 Å². The summed E-state index contributed by atoms with van der Waals surface area (Å²) in [6.07, 6.45) is 0. The topological polar surface area (TPSA) is 98.6 Å². The zero-order chi connectivity index (χ0) is 14.8. The smallest absolute Gasteiger partial charge is 0.331 e. The van der Waals surface area contributed by atoms with Gasteiger partial charge in [-0.15, -0.1) is 0 Å². The van der Waals surface area contributed by atoms with E-state index in [4.69, 9.17) is 10.4 Å². The lowest BCUT2D eigenvalue weighted by atomic mass is 9.82. The van der Waals surface area contributed by atoms with Gasteiger partial charge in [-0.25, -0.2) is 0 Å². The van der Waals surface area contributed by atoms with Crippen molar-refractivity contribution in [3.8, 4) is 0 Å². The molecule has 0 aliphatic rings. The van der Waals surface area contributed by atoms with Crippen molar-refractivity contribution in [1.29, 1.82) is 0 Å². The Bertz CT molecular complexity index is 483. The van der Waals surface area contributed by atoms with Crippen LogP contribution in [0, 0.1) is 10.1 Å². The molecule has 1 aromatic rings. The lowest BCUT2D eigenvalue weighted by molar-refractivity contribution is -0.383. The maximum atomic E-state index is 10.8. The van der Waals surface area contributed by atoms with E-state index >= 15 is 0 Å². The fourth-order valence-electron chi connectivity index (χ4n) is 1.15. The summed E-state index contributed by atoms with van der Waals surface area (Å²) in [5.74, 6) is 0. The molecule has 0 saturated carbocycles. The van der Waals surface area contributed by atoms with Gasteiger partial charge in [-0.1, -0.05) is 6.07 Å². The van der Waals surface area contributed by atoms with Crippen molar-refractivity contribution in [1.82, 2.24) is 0 Å². The van der Waals surface area contributed by atoms with E-state index in [-0.39, 0.29) is 11.4 Å². The molecule has 0 saturated heterocycles. The van der Waals surface area contributed by atoms with E-state index in [9.17, 15) is 15.2 Å². The lowest BCUT2D eigenvalue weighted by Gasteiger charge is -2.37. The molecule has 19 heavy (non-hydrogen) atoms. The van der Waals surface area contributed by atoms with Crippen LogP contribution in [0.5, 0.6) is 0 Å². The zero-order valence-corrected chi connectivity index (χ0v) is 11.5. The summed E-state index contributed by atoms with van der Waals surface area (Å²) in [7, 11) is 1.38. The Balaban J connectivity index is 2.85. The summed E-state index contributed by atoms with van der Waals surface area (Å²) >= 11 is 0. The molecule has 0 bridgehead atoms. The molecule has 7 heteroatoms. The largest absolute Gasteiger partial charge is 0.427 e. The van der Waals surface area contributed by atoms with Gasteiger partial charge in [0.1, 0.15) is 5.69 Å². The lowest BCUT2D eigenvalue weighted by Crippen LogP contribution is -2.49. The Labute approximate surface area is 113 Å². The maximum Gasteiger partial charge on any atom is 0.331 e. The summed E-state index contributed by atoms with van der Waals surface area (Å²) in [6.45, 7) is 6.73. The first-order valence-corrected chi connectivity index (χ1v) is 5.82. The number of hydrogen-bond donors (Lipinski definition) is 2. The first-order valence-electron chi connectivity index (χ1n) is 5.82. The van der Waals surface area contributed by atoms with Crippen LogP contribution in [-0.4, -0.2) is 28.7 Å². The first kappa shape index (κ1) is 15.5. The fourth-order valence-corrected chi connectivity index (χ4v) is 1.15. The second kappa shape index (κ2) is 5.18. The van der Waals surface area contributed by atoms with Crippen molar-refractivity contribution in [3.63, 3.8) is 0 Å². The number of hydrogen-bond acceptors (Lipinski definition) is 5. The number of nitro groups is 1. The van der Waals surface area contributed by atoms with Crippen LogP contribution in [0.1, 0.15) is 27.7 Å². The number of nitrogens with zero attached hydrogens (tertiary/aromatic N) is 1. The van der Waals surface area contributed by atoms with Crippen molar-refractivity contribution in [2.45, 2.75) is 38.9 Å². The number of aliphatic hydroxyl groups is 1. The minimum Gasteiger partial charge on any atom is -0.427 e. The third kappa shape index (κ3) is 3.68. The van der Waals surface area contributed by atoms with Crippen molar-refractivity contribution in [2.24, 2.45) is 0 Å². The van der Waals surface area contributed by atoms with Gasteiger partial charge in [0.05, 0.1) is 16.1 Å². The van der Waals surface area contributed by atoms with E-state index in [2.05, 4.69) is 0 Å². The number of benzene rings is 1. The third-order valence-electron chi connectivity index (χ3n) is 3.21. The van der Waals surface area contributed by atoms with Gasteiger partial charge in [-0.3, -0.25) is 10.1 Å². The van der Waals surface area contributed by atoms with Crippen LogP contribution < -0.4 is 11.2 Å². The first-order chi connectivity index (χ1) is 8.54. The molecule has 1 radical (unpaired) electrons. The third-order valence-corrected chi connectivity index (χ3v) is 3.21. The van der Waals surface area contributed by atoms with Crippen LogP contribution in [0.4, 0.5) is 11.4 Å². The highest BCUT2D eigenvalue weighted by Crippen LogP contribution is 2.24. The molecule has 3 N–H and O–H groups in total. The van der Waals surface area contributed by atoms with E-state index < -0.39 is 16.1 Å². The fraction of sp³-hybridized carbons (Fsp3) is 0.500. The van der Waals surface area contributed by atoms with Gasteiger partial charge in [-0.2, -0.15) is 0 Å². The van der Waals surface area contributed by atoms with E-state index in [1.54, 1.807) is 33.8 Å². The molecule has 0 atom stereocenters. The molecule has 1 aromatic carbocycles. The van der Waals surface area contributed by atoms with E-state index in [0.29, 0.717) is 5.46 Å². The van der Waals surface area contributed by atoms with Crippen molar-refractivity contribution in [2.75, 3.05) is 5.73 Å². The van der Waals surface area contributed by atoms with Gasteiger partial charge in [0.2, 0.25) is 0 Å². The minimum absolute atomic E-state index is 0.101. The highest BCUT2D eigenvalue weighted by Gasteiger charge is 2.35. The highest BCUT2D eigenvalue weighted by molar-refractivity contribution is 6.47. The number of nitrogens with two attached hydrogens (primary N) is 1. The Morgan fingerprint density at radius 3 is 2.42 bits per heavy atom. The van der Waals surface area contributed by atoms with Crippen LogP contribution >= 0.6 is 0 Å². The molecule has 0 amide bonds. The summed E-state index contributed by atoms with van der Waals surface area (Å²) < 4.78 is 5.52. The molecule has 0 fully saturated rings. The molecular weight excluding hydrogens is 247 g/mol. The molecule has 0 aliphatic carbocycles. The molecule has 6 nitrogen and oxygen atoms in total. The van der Waals surface area contributed by atoms with Crippen LogP contribution in [-0.2, 0) is 4.65 Å². The normalized spacial score (nSPS) is 12.3. The predicted octanol–water partition coefficient (Wildman–Crippen LogP) is 0.988. The zero-order valence-electron chi connectivity index (χ0n) is 11.5. The van der Waals surface area contributed by atoms with Gasteiger partial charge in [0.25, 0.3) is 5.69 Å². The van der Waals surface area contributed by atoms with Gasteiger partial charge in [-0.05, 0) is 39.2 Å². The standard InChI is InChI=1S/C12H18BN2O4/c1-11(2,16)12(3,4)19-13-8-5-6-9(14)10(7-8)15(17)18/h5-7,16H,14H2,1-4H3. The summed E-state index contributed by atoms with van der Waals surface area (Å²) in [5.41, 5.74) is 4.07. The summed E-state index contributed by atoms with van der Waals surface area (Å²) in [5, 5.41) is 20.7. The molecule has 0 aromatic heterocycles. The van der Waals surface area contributed by atoms with Gasteiger partial charge in [0, 0.05) is 6.07 Å². The van der Waals surface area contributed by atoms with Crippen LogP contribution in [0.2, 0.25) is 0 Å². The molecule has 0 spiro atoms. The Hall–Kier alpha value is -1.60. The highest BCUT2D eigenvalue weighted by atomic mass is 16.6. The van der Waals surface area contributed by atoms with E-state index in [1.165, 1.54) is 19.6 Å². The Morgan fingerprint density at radius 1 is 1.37 bits per heavy atom. The van der Waals surface area contributed by atoms with Crippen molar-refractivity contribution in [3.05, 3.63) is 28.3 Å². The number of nitrogen functional groups attached to an aromatic ring is 1. The monoisotopic (exact) mass is 265 g/mol. The van der Waals surface area contributed by atoms with Crippen LogP contribution in [0.15, 0.2) is 18.2 Å². The van der Waals surface area contributed by atoms with E-state index in [0.717, 1.165) is 0 Å². The molecule has 1 rings (SSSR count). The van der Waals surface area contributed by atoms with Crippen molar-refractivity contribution < 1.29 is 14.7 Å². The molecule has 103 valence electrons. The van der Waals surface area contributed by atoms with Crippen LogP contribution in [0.3, 0.4) is 0 Å². The minimum atomic E-state index is -1.05. The molecule has 0 unspecified atom stereocenters. The SMILES string of the molecule is CC(C)(O)C(C)(C)O[B]c1ccc(N)c([N+](=O)[O-])c1. The Morgan fingerprint density at radius 2 is 1.95 bits per heavy atom. The summed E-state index contributed by atoms with van der Waals surface area (Å²) in [4.78, 5) is 10.2. The number of nitro benzene ring substituents is 1. The maximum absolute atomic E-state index is 10.8. The molecule has 0 aliphatic heterocycles. The second-order valence-electron chi connectivity index (χ2n) is 5.38. The Kier molecular flexibility index (Phi) is 4.22.